The number of Topliss-reactive ketones (excluding diaryl/α,β-unsaturated/α-hetero) is 1. The standard InChI is InChI=1S/C23H34N2O3S/c1-16(26)24-8-6-17(7-9-24)4-5-18-19-14-23(2,3)15-20(27)21(19)29-22(18)25-10-12-28-13-11-25/h17H,4-15H2,1-3H3. The van der Waals surface area contributed by atoms with Crippen LogP contribution in [0.2, 0.25) is 0 Å². The van der Waals surface area contributed by atoms with Crippen molar-refractivity contribution < 1.29 is 14.3 Å². The van der Waals surface area contributed by atoms with Gasteiger partial charge in [0.05, 0.1) is 23.1 Å². The first-order chi connectivity index (χ1) is 13.8. The van der Waals surface area contributed by atoms with Gasteiger partial charge in [0.1, 0.15) is 0 Å². The number of ketones is 1. The van der Waals surface area contributed by atoms with Gasteiger partial charge in [-0.25, -0.2) is 0 Å². The first-order valence-electron chi connectivity index (χ1n) is 11.1. The summed E-state index contributed by atoms with van der Waals surface area (Å²) in [6, 6.07) is 0. The summed E-state index contributed by atoms with van der Waals surface area (Å²) in [5, 5.41) is 1.32. The molecule has 1 amide bonds. The van der Waals surface area contributed by atoms with Crippen molar-refractivity contribution in [3.05, 3.63) is 16.0 Å². The van der Waals surface area contributed by atoms with Gasteiger partial charge in [0, 0.05) is 39.5 Å². The molecular formula is C23H34N2O3S. The van der Waals surface area contributed by atoms with Crippen LogP contribution < -0.4 is 4.90 Å². The van der Waals surface area contributed by atoms with Gasteiger partial charge < -0.3 is 14.5 Å². The molecule has 0 unspecified atom stereocenters. The van der Waals surface area contributed by atoms with Crippen molar-refractivity contribution in [2.24, 2.45) is 11.3 Å². The van der Waals surface area contributed by atoms with E-state index in [0.717, 1.165) is 76.4 Å². The number of fused-ring (bicyclic) bond motifs is 1. The smallest absolute Gasteiger partial charge is 0.219 e. The number of anilines is 1. The van der Waals surface area contributed by atoms with E-state index >= 15 is 0 Å². The van der Waals surface area contributed by atoms with Crippen molar-refractivity contribution in [1.82, 2.24) is 4.90 Å². The maximum atomic E-state index is 12.9. The molecule has 0 aromatic carbocycles. The summed E-state index contributed by atoms with van der Waals surface area (Å²) in [6.45, 7) is 11.3. The number of thiophene rings is 1. The Morgan fingerprint density at radius 2 is 1.83 bits per heavy atom. The minimum absolute atomic E-state index is 0.0506. The van der Waals surface area contributed by atoms with Crippen LogP contribution in [-0.4, -0.2) is 56.0 Å². The molecule has 0 saturated carbocycles. The predicted molar refractivity (Wildman–Crippen MR) is 117 cm³/mol. The molecule has 2 aliphatic heterocycles. The Morgan fingerprint density at radius 3 is 2.48 bits per heavy atom. The minimum atomic E-state index is 0.0506. The Bertz CT molecular complexity index is 771. The highest BCUT2D eigenvalue weighted by molar-refractivity contribution is 7.18. The summed E-state index contributed by atoms with van der Waals surface area (Å²) in [5.74, 6) is 1.20. The van der Waals surface area contributed by atoms with Crippen LogP contribution >= 0.6 is 11.3 Å². The van der Waals surface area contributed by atoms with Crippen molar-refractivity contribution in [2.75, 3.05) is 44.3 Å². The summed E-state index contributed by atoms with van der Waals surface area (Å²) < 4.78 is 5.57. The molecule has 1 aromatic heterocycles. The number of likely N-dealkylation sites (tertiary alicyclic amines) is 1. The third-order valence-corrected chi connectivity index (χ3v) is 8.18. The second-order valence-corrected chi connectivity index (χ2v) is 10.7. The van der Waals surface area contributed by atoms with Gasteiger partial charge in [-0.1, -0.05) is 13.8 Å². The number of amides is 1. The van der Waals surface area contributed by atoms with Crippen molar-refractivity contribution in [1.29, 1.82) is 0 Å². The van der Waals surface area contributed by atoms with Crippen LogP contribution in [-0.2, 0) is 22.4 Å². The summed E-state index contributed by atoms with van der Waals surface area (Å²) >= 11 is 1.74. The Kier molecular flexibility index (Phi) is 6.03. The van der Waals surface area contributed by atoms with E-state index in [0.29, 0.717) is 18.1 Å². The second kappa shape index (κ2) is 8.38. The third-order valence-electron chi connectivity index (χ3n) is 6.80. The Morgan fingerprint density at radius 1 is 1.14 bits per heavy atom. The van der Waals surface area contributed by atoms with Crippen LogP contribution in [0.1, 0.15) is 67.3 Å². The molecule has 0 radical (unpaired) electrons. The highest BCUT2D eigenvalue weighted by Crippen LogP contribution is 2.46. The van der Waals surface area contributed by atoms with Crippen molar-refractivity contribution in [3.63, 3.8) is 0 Å². The molecule has 4 rings (SSSR count). The third kappa shape index (κ3) is 4.53. The molecule has 0 bridgehead atoms. The molecular weight excluding hydrogens is 384 g/mol. The largest absolute Gasteiger partial charge is 0.378 e. The summed E-state index contributed by atoms with van der Waals surface area (Å²) in [6.07, 6.45) is 6.07. The molecule has 0 N–H and O–H groups in total. The van der Waals surface area contributed by atoms with E-state index in [1.165, 1.54) is 16.1 Å². The van der Waals surface area contributed by atoms with E-state index in [2.05, 4.69) is 18.7 Å². The molecule has 1 aliphatic carbocycles. The topological polar surface area (TPSA) is 49.9 Å². The van der Waals surface area contributed by atoms with E-state index in [9.17, 15) is 9.59 Å². The van der Waals surface area contributed by atoms with E-state index < -0.39 is 0 Å². The van der Waals surface area contributed by atoms with Gasteiger partial charge in [-0.2, -0.15) is 0 Å². The first kappa shape index (κ1) is 20.9. The second-order valence-electron chi connectivity index (χ2n) is 9.72. The maximum absolute atomic E-state index is 12.9. The highest BCUT2D eigenvalue weighted by Gasteiger charge is 2.36. The van der Waals surface area contributed by atoms with Crippen LogP contribution in [0.15, 0.2) is 0 Å². The highest BCUT2D eigenvalue weighted by atomic mass is 32.1. The number of carbonyl (C=O) groups excluding carboxylic acids is 2. The zero-order valence-corrected chi connectivity index (χ0v) is 18.9. The lowest BCUT2D eigenvalue weighted by atomic mass is 9.75. The Hall–Kier alpha value is -1.40. The van der Waals surface area contributed by atoms with Gasteiger partial charge in [0.15, 0.2) is 5.78 Å². The van der Waals surface area contributed by atoms with Crippen molar-refractivity contribution >= 4 is 28.0 Å². The molecule has 3 heterocycles. The number of hydrogen-bond acceptors (Lipinski definition) is 5. The Balaban J connectivity index is 1.54. The average Bonchev–Trinajstić information content (AvgIpc) is 3.05. The fourth-order valence-electron chi connectivity index (χ4n) is 5.12. The van der Waals surface area contributed by atoms with Gasteiger partial charge in [0.2, 0.25) is 5.91 Å². The minimum Gasteiger partial charge on any atom is -0.378 e. The van der Waals surface area contributed by atoms with E-state index in [-0.39, 0.29) is 11.3 Å². The van der Waals surface area contributed by atoms with Gasteiger partial charge in [0.25, 0.3) is 0 Å². The zero-order valence-electron chi connectivity index (χ0n) is 18.1. The molecule has 6 heteroatoms. The number of nitrogens with zero attached hydrogens (tertiary/aromatic N) is 2. The predicted octanol–water partition coefficient (Wildman–Crippen LogP) is 3.93. The molecule has 0 atom stereocenters. The maximum Gasteiger partial charge on any atom is 0.219 e. The van der Waals surface area contributed by atoms with Gasteiger partial charge in [-0.3, -0.25) is 9.59 Å². The molecule has 1 aromatic rings. The lowest BCUT2D eigenvalue weighted by Crippen LogP contribution is -2.37. The summed E-state index contributed by atoms with van der Waals surface area (Å²) in [7, 11) is 0. The van der Waals surface area contributed by atoms with E-state index in [1.807, 2.05) is 4.90 Å². The number of hydrogen-bond donors (Lipinski definition) is 0. The van der Waals surface area contributed by atoms with Gasteiger partial charge in [-0.15, -0.1) is 11.3 Å². The molecule has 160 valence electrons. The van der Waals surface area contributed by atoms with E-state index in [4.69, 9.17) is 4.74 Å². The summed E-state index contributed by atoms with van der Waals surface area (Å²) in [4.78, 5) is 29.9. The van der Waals surface area contributed by atoms with E-state index in [1.54, 1.807) is 18.3 Å². The molecule has 2 saturated heterocycles. The van der Waals surface area contributed by atoms with Crippen LogP contribution in [0, 0.1) is 11.3 Å². The molecule has 2 fully saturated rings. The van der Waals surface area contributed by atoms with Gasteiger partial charge >= 0.3 is 0 Å². The SMILES string of the molecule is CC(=O)N1CCC(CCc2c(N3CCOCC3)sc3c2CC(C)(C)CC3=O)CC1. The molecule has 5 nitrogen and oxygen atoms in total. The monoisotopic (exact) mass is 418 g/mol. The van der Waals surface area contributed by atoms with Crippen molar-refractivity contribution in [2.45, 2.75) is 59.3 Å². The van der Waals surface area contributed by atoms with Crippen molar-refractivity contribution in [3.8, 4) is 0 Å². The van der Waals surface area contributed by atoms with Crippen LogP contribution in [0.3, 0.4) is 0 Å². The van der Waals surface area contributed by atoms with Crippen LogP contribution in [0.25, 0.3) is 0 Å². The number of ether oxygens (including phenoxy) is 1. The number of piperidine rings is 1. The average molecular weight is 419 g/mol. The quantitative estimate of drug-likeness (QED) is 0.743. The molecule has 29 heavy (non-hydrogen) atoms. The van der Waals surface area contributed by atoms with Crippen LogP contribution in [0.4, 0.5) is 5.00 Å². The number of rotatable bonds is 4. The lowest BCUT2D eigenvalue weighted by molar-refractivity contribution is -0.130. The fourth-order valence-corrected chi connectivity index (χ4v) is 6.48. The molecule has 0 spiro atoms. The number of carbonyl (C=O) groups is 2. The zero-order chi connectivity index (χ0) is 20.6. The number of morpholine rings is 1. The lowest BCUT2D eigenvalue weighted by Gasteiger charge is -2.32. The fraction of sp³-hybridized carbons (Fsp3) is 0.739. The van der Waals surface area contributed by atoms with Gasteiger partial charge in [-0.05, 0) is 54.6 Å². The Labute approximate surface area is 178 Å². The first-order valence-corrected chi connectivity index (χ1v) is 11.9. The molecule has 3 aliphatic rings. The van der Waals surface area contributed by atoms with Crippen LogP contribution in [0.5, 0.6) is 0 Å². The summed E-state index contributed by atoms with van der Waals surface area (Å²) in [5.41, 5.74) is 2.82. The normalized spacial score (nSPS) is 22.7.